The standard InChI is InChI=1S/C21H28N6O4S/c1-27(2)10-13-32(28,29)26-17-6-4-16(5-7-17)19-15-20(25-24-19)23-18-8-9-22-21(14-18)31-12-11-30-3/h4-9,14-15,26H,10-13H2,1-3H3,(H2,22,23,24,25). The van der Waals surface area contributed by atoms with Crippen LogP contribution in [0.4, 0.5) is 17.2 Å². The molecule has 11 heteroatoms. The highest BCUT2D eigenvalue weighted by atomic mass is 32.2. The van der Waals surface area contributed by atoms with Crippen LogP contribution in [0, 0.1) is 0 Å². The summed E-state index contributed by atoms with van der Waals surface area (Å²) >= 11 is 0. The van der Waals surface area contributed by atoms with E-state index in [1.807, 2.05) is 43.3 Å². The van der Waals surface area contributed by atoms with Crippen molar-refractivity contribution in [2.45, 2.75) is 0 Å². The van der Waals surface area contributed by atoms with Crippen LogP contribution in [-0.2, 0) is 14.8 Å². The van der Waals surface area contributed by atoms with Crippen molar-refractivity contribution in [2.24, 2.45) is 0 Å². The molecule has 2 heterocycles. The van der Waals surface area contributed by atoms with Crippen LogP contribution in [0.1, 0.15) is 0 Å². The van der Waals surface area contributed by atoms with Crippen LogP contribution in [0.5, 0.6) is 5.88 Å². The molecule has 3 N–H and O–H groups in total. The number of hydrogen-bond donors (Lipinski definition) is 3. The second-order valence-electron chi connectivity index (χ2n) is 7.32. The van der Waals surface area contributed by atoms with Gasteiger partial charge in [-0.3, -0.25) is 9.82 Å². The maximum atomic E-state index is 12.2. The molecule has 32 heavy (non-hydrogen) atoms. The van der Waals surface area contributed by atoms with E-state index in [-0.39, 0.29) is 5.75 Å². The van der Waals surface area contributed by atoms with E-state index in [1.54, 1.807) is 31.5 Å². The third-order valence-corrected chi connectivity index (χ3v) is 5.67. The van der Waals surface area contributed by atoms with E-state index in [9.17, 15) is 8.42 Å². The summed E-state index contributed by atoms with van der Waals surface area (Å²) in [5.74, 6) is 1.15. The Labute approximate surface area is 188 Å². The van der Waals surface area contributed by atoms with Crippen LogP contribution >= 0.6 is 0 Å². The Balaban J connectivity index is 1.61. The Morgan fingerprint density at radius 1 is 1.06 bits per heavy atom. The van der Waals surface area contributed by atoms with Gasteiger partial charge in [-0.25, -0.2) is 13.4 Å². The Morgan fingerprint density at radius 3 is 2.56 bits per heavy atom. The molecule has 0 bridgehead atoms. The summed E-state index contributed by atoms with van der Waals surface area (Å²) in [6.45, 7) is 1.36. The summed E-state index contributed by atoms with van der Waals surface area (Å²) in [4.78, 5) is 5.99. The van der Waals surface area contributed by atoms with Crippen molar-refractivity contribution in [3.63, 3.8) is 0 Å². The molecule has 2 aromatic heterocycles. The Morgan fingerprint density at radius 2 is 1.84 bits per heavy atom. The highest BCUT2D eigenvalue weighted by Gasteiger charge is 2.11. The van der Waals surface area contributed by atoms with Crippen molar-refractivity contribution < 1.29 is 17.9 Å². The monoisotopic (exact) mass is 460 g/mol. The predicted molar refractivity (Wildman–Crippen MR) is 125 cm³/mol. The zero-order valence-corrected chi connectivity index (χ0v) is 19.1. The number of sulfonamides is 1. The fraction of sp³-hybridized carbons (Fsp3) is 0.333. The topological polar surface area (TPSA) is 121 Å². The van der Waals surface area contributed by atoms with Gasteiger partial charge in [-0.1, -0.05) is 12.1 Å². The highest BCUT2D eigenvalue weighted by molar-refractivity contribution is 7.92. The van der Waals surface area contributed by atoms with E-state index < -0.39 is 10.0 Å². The third-order valence-electron chi connectivity index (χ3n) is 4.40. The number of rotatable bonds is 12. The molecule has 10 nitrogen and oxygen atoms in total. The predicted octanol–water partition coefficient (Wildman–Crippen LogP) is 2.54. The molecule has 0 radical (unpaired) electrons. The summed E-state index contributed by atoms with van der Waals surface area (Å²) < 4.78 is 37.4. The molecular formula is C21H28N6O4S. The van der Waals surface area contributed by atoms with Crippen molar-refractivity contribution >= 4 is 27.2 Å². The summed E-state index contributed by atoms with van der Waals surface area (Å²) in [7, 11) is 1.89. The molecule has 172 valence electrons. The van der Waals surface area contributed by atoms with Crippen molar-refractivity contribution in [2.75, 3.05) is 56.8 Å². The average Bonchev–Trinajstić information content (AvgIpc) is 3.22. The Hall–Kier alpha value is -3.15. The van der Waals surface area contributed by atoms with Gasteiger partial charge in [0.2, 0.25) is 15.9 Å². The summed E-state index contributed by atoms with van der Waals surface area (Å²) in [5, 5.41) is 10.5. The fourth-order valence-corrected chi connectivity index (χ4v) is 3.93. The van der Waals surface area contributed by atoms with Gasteiger partial charge < -0.3 is 19.7 Å². The molecule has 0 amide bonds. The first-order valence-electron chi connectivity index (χ1n) is 10.0. The number of benzene rings is 1. The zero-order valence-electron chi connectivity index (χ0n) is 18.3. The summed E-state index contributed by atoms with van der Waals surface area (Å²) in [6, 6.07) is 12.6. The van der Waals surface area contributed by atoms with Crippen LogP contribution in [0.25, 0.3) is 11.3 Å². The van der Waals surface area contributed by atoms with E-state index >= 15 is 0 Å². The molecule has 3 rings (SSSR count). The minimum Gasteiger partial charge on any atom is -0.475 e. The van der Waals surface area contributed by atoms with Crippen molar-refractivity contribution in [1.82, 2.24) is 20.1 Å². The normalized spacial score (nSPS) is 11.5. The number of pyridine rings is 1. The van der Waals surface area contributed by atoms with Crippen molar-refractivity contribution in [1.29, 1.82) is 0 Å². The summed E-state index contributed by atoms with van der Waals surface area (Å²) in [5.41, 5.74) is 2.97. The fourth-order valence-electron chi connectivity index (χ4n) is 2.73. The lowest BCUT2D eigenvalue weighted by Crippen LogP contribution is -2.26. The van der Waals surface area contributed by atoms with Gasteiger partial charge in [0.1, 0.15) is 6.61 Å². The second-order valence-corrected chi connectivity index (χ2v) is 9.16. The number of methoxy groups -OCH3 is 1. The molecule has 1 aromatic carbocycles. The minimum atomic E-state index is -3.39. The second kappa shape index (κ2) is 10.9. The van der Waals surface area contributed by atoms with E-state index in [4.69, 9.17) is 9.47 Å². The number of anilines is 3. The highest BCUT2D eigenvalue weighted by Crippen LogP contribution is 2.24. The number of aromatic nitrogens is 3. The van der Waals surface area contributed by atoms with E-state index in [0.29, 0.717) is 37.1 Å². The maximum absolute atomic E-state index is 12.2. The Bertz CT molecular complexity index is 1100. The molecule has 0 saturated carbocycles. The van der Waals surface area contributed by atoms with Crippen LogP contribution in [0.3, 0.4) is 0 Å². The van der Waals surface area contributed by atoms with E-state index in [0.717, 1.165) is 16.9 Å². The molecule has 0 atom stereocenters. The lowest BCUT2D eigenvalue weighted by atomic mass is 10.1. The molecule has 0 aliphatic carbocycles. The first-order valence-corrected chi connectivity index (χ1v) is 11.7. The van der Waals surface area contributed by atoms with Gasteiger partial charge in [-0.05, 0) is 37.9 Å². The third kappa shape index (κ3) is 7.22. The molecule has 0 spiro atoms. The molecule has 0 aliphatic rings. The smallest absolute Gasteiger partial charge is 0.233 e. The first-order chi connectivity index (χ1) is 15.3. The number of ether oxygens (including phenoxy) is 2. The van der Waals surface area contributed by atoms with Crippen molar-refractivity contribution in [3.05, 3.63) is 48.7 Å². The van der Waals surface area contributed by atoms with Gasteiger partial charge in [0, 0.05) is 43.4 Å². The van der Waals surface area contributed by atoms with Crippen molar-refractivity contribution in [3.8, 4) is 17.1 Å². The van der Waals surface area contributed by atoms with Gasteiger partial charge in [0.05, 0.1) is 18.1 Å². The number of H-pyrrole nitrogens is 1. The van der Waals surface area contributed by atoms with Gasteiger partial charge >= 0.3 is 0 Å². The number of aromatic amines is 1. The molecule has 0 aliphatic heterocycles. The van der Waals surface area contributed by atoms with Gasteiger partial charge in [-0.15, -0.1) is 0 Å². The van der Waals surface area contributed by atoms with Gasteiger partial charge in [0.25, 0.3) is 0 Å². The first kappa shape index (κ1) is 23.5. The average molecular weight is 461 g/mol. The van der Waals surface area contributed by atoms with Gasteiger partial charge in [0.15, 0.2) is 5.82 Å². The Kier molecular flexibility index (Phi) is 8.03. The molecular weight excluding hydrogens is 432 g/mol. The van der Waals surface area contributed by atoms with Crippen LogP contribution < -0.4 is 14.8 Å². The van der Waals surface area contributed by atoms with Crippen LogP contribution in [0.2, 0.25) is 0 Å². The molecule has 0 fully saturated rings. The van der Waals surface area contributed by atoms with Crippen LogP contribution in [-0.4, -0.2) is 75.2 Å². The molecule has 3 aromatic rings. The van der Waals surface area contributed by atoms with Crippen LogP contribution in [0.15, 0.2) is 48.7 Å². The molecule has 0 unspecified atom stereocenters. The SMILES string of the molecule is COCCOc1cc(Nc2cc(-c3ccc(NS(=O)(=O)CCN(C)C)cc3)[nH]n2)ccn1. The zero-order chi connectivity index (χ0) is 23.0. The lowest BCUT2D eigenvalue weighted by Gasteiger charge is -2.11. The van der Waals surface area contributed by atoms with E-state index in [2.05, 4.69) is 25.2 Å². The number of hydrogen-bond acceptors (Lipinski definition) is 8. The number of nitrogens with zero attached hydrogens (tertiary/aromatic N) is 3. The lowest BCUT2D eigenvalue weighted by molar-refractivity contribution is 0.144. The van der Waals surface area contributed by atoms with E-state index in [1.165, 1.54) is 0 Å². The largest absolute Gasteiger partial charge is 0.475 e. The maximum Gasteiger partial charge on any atom is 0.233 e. The number of nitrogens with one attached hydrogen (secondary N) is 3. The molecule has 0 saturated heterocycles. The van der Waals surface area contributed by atoms with Gasteiger partial charge in [-0.2, -0.15) is 5.10 Å². The summed E-state index contributed by atoms with van der Waals surface area (Å²) in [6.07, 6.45) is 1.65. The quantitative estimate of drug-likeness (QED) is 0.353. The minimum absolute atomic E-state index is 0.0332.